The van der Waals surface area contributed by atoms with E-state index in [2.05, 4.69) is 24.0 Å². The predicted octanol–water partition coefficient (Wildman–Crippen LogP) is 5.05. The number of hydrogen-bond donors (Lipinski definition) is 0. The van der Waals surface area contributed by atoms with Gasteiger partial charge in [0, 0.05) is 17.9 Å². The molecule has 148 valence electrons. The summed E-state index contributed by atoms with van der Waals surface area (Å²) in [4.78, 5) is 0. The Morgan fingerprint density at radius 3 is 2.54 bits per heavy atom. The van der Waals surface area contributed by atoms with Gasteiger partial charge in [-0.1, -0.05) is 37.7 Å². The number of hydrogen-bond acceptors (Lipinski definition) is 5. The molecular formula is C21H24FN3O2S. The Bertz CT molecular complexity index is 943. The number of methoxy groups -OCH3 is 2. The molecule has 1 aromatic heterocycles. The summed E-state index contributed by atoms with van der Waals surface area (Å²) < 4.78 is 27.1. The molecule has 0 saturated carbocycles. The van der Waals surface area contributed by atoms with Crippen LogP contribution in [0.15, 0.2) is 47.6 Å². The van der Waals surface area contributed by atoms with Crippen molar-refractivity contribution in [3.05, 3.63) is 53.8 Å². The molecule has 28 heavy (non-hydrogen) atoms. The Hall–Kier alpha value is -2.54. The lowest BCUT2D eigenvalue weighted by Gasteiger charge is -2.14. The zero-order valence-electron chi connectivity index (χ0n) is 16.5. The molecule has 0 saturated heterocycles. The van der Waals surface area contributed by atoms with Crippen LogP contribution in [0.25, 0.3) is 11.4 Å². The van der Waals surface area contributed by atoms with Gasteiger partial charge in [-0.15, -0.1) is 10.2 Å². The van der Waals surface area contributed by atoms with Gasteiger partial charge in [-0.3, -0.25) is 0 Å². The quantitative estimate of drug-likeness (QED) is 0.495. The minimum absolute atomic E-state index is 0.300. The fraction of sp³-hybridized carbons (Fsp3) is 0.333. The summed E-state index contributed by atoms with van der Waals surface area (Å²) in [6.07, 6.45) is 0. The smallest absolute Gasteiger partial charge is 0.191 e. The summed E-state index contributed by atoms with van der Waals surface area (Å²) in [6.45, 7) is 4.93. The van der Waals surface area contributed by atoms with Crippen LogP contribution in [0, 0.1) is 11.7 Å². The topological polar surface area (TPSA) is 49.2 Å². The van der Waals surface area contributed by atoms with Crippen molar-refractivity contribution in [2.75, 3.05) is 14.2 Å². The molecule has 0 aliphatic carbocycles. The third-order valence-corrected chi connectivity index (χ3v) is 5.24. The van der Waals surface area contributed by atoms with Gasteiger partial charge in [0.25, 0.3) is 0 Å². The molecule has 3 rings (SSSR count). The first-order valence-electron chi connectivity index (χ1n) is 9.05. The van der Waals surface area contributed by atoms with Gasteiger partial charge in [0.05, 0.1) is 19.8 Å². The predicted molar refractivity (Wildman–Crippen MR) is 109 cm³/mol. The highest BCUT2D eigenvalue weighted by Crippen LogP contribution is 2.32. The molecule has 0 unspecified atom stereocenters. The Labute approximate surface area is 168 Å². The highest BCUT2D eigenvalue weighted by molar-refractivity contribution is 7.98. The first kappa shape index (κ1) is 20.2. The summed E-state index contributed by atoms with van der Waals surface area (Å²) >= 11 is 1.54. The lowest BCUT2D eigenvalue weighted by molar-refractivity contribution is 0.400. The molecule has 0 radical (unpaired) electrons. The van der Waals surface area contributed by atoms with Gasteiger partial charge >= 0.3 is 0 Å². The second kappa shape index (κ2) is 9.10. The van der Waals surface area contributed by atoms with Crippen LogP contribution in [0.4, 0.5) is 4.39 Å². The largest absolute Gasteiger partial charge is 0.497 e. The van der Waals surface area contributed by atoms with Crippen molar-refractivity contribution in [3.8, 4) is 22.9 Å². The standard InChI is InChI=1S/C21H24FN3O2S/c1-14(2)12-25-20(17-7-5-6-8-18(17)22)23-24-21(25)28-13-15-11-16(26-3)9-10-19(15)27-4/h5-11,14H,12-13H2,1-4H3. The molecule has 0 amide bonds. The molecule has 0 atom stereocenters. The van der Waals surface area contributed by atoms with Crippen molar-refractivity contribution >= 4 is 11.8 Å². The normalized spacial score (nSPS) is 11.1. The van der Waals surface area contributed by atoms with Gasteiger partial charge in [-0.05, 0) is 36.2 Å². The van der Waals surface area contributed by atoms with Crippen molar-refractivity contribution in [3.63, 3.8) is 0 Å². The van der Waals surface area contributed by atoms with E-state index >= 15 is 0 Å². The maximum Gasteiger partial charge on any atom is 0.191 e. The number of rotatable bonds is 8. The van der Waals surface area contributed by atoms with Gasteiger partial charge in [0.15, 0.2) is 11.0 Å². The van der Waals surface area contributed by atoms with Crippen LogP contribution in [0.5, 0.6) is 11.5 Å². The van der Waals surface area contributed by atoms with Crippen molar-refractivity contribution in [1.29, 1.82) is 0 Å². The Morgan fingerprint density at radius 1 is 1.07 bits per heavy atom. The van der Waals surface area contributed by atoms with Gasteiger partial charge < -0.3 is 14.0 Å². The van der Waals surface area contributed by atoms with Crippen molar-refractivity contribution in [1.82, 2.24) is 14.8 Å². The van der Waals surface area contributed by atoms with E-state index in [4.69, 9.17) is 9.47 Å². The third-order valence-electron chi connectivity index (χ3n) is 4.22. The monoisotopic (exact) mass is 401 g/mol. The molecule has 0 fully saturated rings. The third kappa shape index (κ3) is 4.47. The zero-order valence-corrected chi connectivity index (χ0v) is 17.3. The lowest BCUT2D eigenvalue weighted by atomic mass is 10.2. The minimum atomic E-state index is -0.300. The first-order chi connectivity index (χ1) is 13.5. The van der Waals surface area contributed by atoms with E-state index in [1.807, 2.05) is 22.8 Å². The molecule has 0 aliphatic rings. The van der Waals surface area contributed by atoms with Crippen molar-refractivity contribution in [2.24, 2.45) is 5.92 Å². The Morgan fingerprint density at radius 2 is 1.86 bits per heavy atom. The second-order valence-corrected chi connectivity index (χ2v) is 7.70. The van der Waals surface area contributed by atoms with Gasteiger partial charge in [-0.2, -0.15) is 0 Å². The van der Waals surface area contributed by atoms with Gasteiger partial charge in [0.2, 0.25) is 0 Å². The van der Waals surface area contributed by atoms with Crippen LogP contribution >= 0.6 is 11.8 Å². The number of halogens is 1. The van der Waals surface area contributed by atoms with Gasteiger partial charge in [0.1, 0.15) is 17.3 Å². The van der Waals surface area contributed by atoms with E-state index in [9.17, 15) is 4.39 Å². The molecule has 0 aliphatic heterocycles. The van der Waals surface area contributed by atoms with Crippen LogP contribution in [-0.4, -0.2) is 29.0 Å². The van der Waals surface area contributed by atoms with E-state index < -0.39 is 0 Å². The first-order valence-corrected chi connectivity index (χ1v) is 10.0. The van der Waals surface area contributed by atoms with E-state index in [0.29, 0.717) is 29.6 Å². The zero-order chi connectivity index (χ0) is 20.1. The van der Waals surface area contributed by atoms with E-state index in [1.165, 1.54) is 6.07 Å². The number of aromatic nitrogens is 3. The maximum absolute atomic E-state index is 14.3. The molecule has 7 heteroatoms. The highest BCUT2D eigenvalue weighted by atomic mass is 32.2. The Kier molecular flexibility index (Phi) is 6.57. The maximum atomic E-state index is 14.3. The molecule has 0 bridgehead atoms. The fourth-order valence-electron chi connectivity index (χ4n) is 2.90. The highest BCUT2D eigenvalue weighted by Gasteiger charge is 2.18. The van der Waals surface area contributed by atoms with E-state index in [-0.39, 0.29) is 5.82 Å². The van der Waals surface area contributed by atoms with Crippen LogP contribution in [-0.2, 0) is 12.3 Å². The molecule has 5 nitrogen and oxygen atoms in total. The van der Waals surface area contributed by atoms with Gasteiger partial charge in [-0.25, -0.2) is 4.39 Å². The number of thioether (sulfide) groups is 1. The molecular weight excluding hydrogens is 377 g/mol. The SMILES string of the molecule is COc1ccc(OC)c(CSc2nnc(-c3ccccc3F)n2CC(C)C)c1. The average Bonchev–Trinajstić information content (AvgIpc) is 3.08. The number of nitrogens with zero attached hydrogens (tertiary/aromatic N) is 3. The average molecular weight is 402 g/mol. The molecule has 0 N–H and O–H groups in total. The summed E-state index contributed by atoms with van der Waals surface area (Å²) in [7, 11) is 3.28. The summed E-state index contributed by atoms with van der Waals surface area (Å²) in [5.41, 5.74) is 1.46. The lowest BCUT2D eigenvalue weighted by Crippen LogP contribution is -2.08. The van der Waals surface area contributed by atoms with Crippen LogP contribution in [0.2, 0.25) is 0 Å². The van der Waals surface area contributed by atoms with E-state index in [1.54, 1.807) is 44.2 Å². The molecule has 0 spiro atoms. The minimum Gasteiger partial charge on any atom is -0.497 e. The van der Waals surface area contributed by atoms with Crippen molar-refractivity contribution < 1.29 is 13.9 Å². The number of benzene rings is 2. The fourth-order valence-corrected chi connectivity index (χ4v) is 3.83. The van der Waals surface area contributed by atoms with Crippen LogP contribution in [0.1, 0.15) is 19.4 Å². The Balaban J connectivity index is 1.92. The summed E-state index contributed by atoms with van der Waals surface area (Å²) in [5.74, 6) is 2.81. The second-order valence-electron chi connectivity index (χ2n) is 6.76. The molecule has 2 aromatic carbocycles. The molecule has 1 heterocycles. The van der Waals surface area contributed by atoms with E-state index in [0.717, 1.165) is 22.2 Å². The number of ether oxygens (including phenoxy) is 2. The van der Waals surface area contributed by atoms with Crippen molar-refractivity contribution in [2.45, 2.75) is 31.3 Å². The van der Waals surface area contributed by atoms with Crippen LogP contribution in [0.3, 0.4) is 0 Å². The summed E-state index contributed by atoms with van der Waals surface area (Å²) in [5, 5.41) is 9.37. The summed E-state index contributed by atoms with van der Waals surface area (Å²) in [6, 6.07) is 12.4. The molecule has 3 aromatic rings. The van der Waals surface area contributed by atoms with Crippen LogP contribution < -0.4 is 9.47 Å².